The maximum atomic E-state index is 13.5. The number of hydrogen-bond acceptors (Lipinski definition) is 4. The van der Waals surface area contributed by atoms with Crippen LogP contribution in [0, 0.1) is 11.6 Å². The number of rotatable bonds is 8. The molecule has 1 unspecified atom stereocenters. The number of carbonyl (C=O) groups excluding carboxylic acids is 1. The van der Waals surface area contributed by atoms with E-state index in [1.165, 1.54) is 24.3 Å². The van der Waals surface area contributed by atoms with Gasteiger partial charge in [0.15, 0.2) is 0 Å². The summed E-state index contributed by atoms with van der Waals surface area (Å²) in [5.41, 5.74) is 2.27. The molecule has 3 heterocycles. The maximum Gasteiger partial charge on any atom is 0.252 e. The van der Waals surface area contributed by atoms with Crippen molar-refractivity contribution >= 4 is 5.91 Å². The van der Waals surface area contributed by atoms with Crippen LogP contribution in [0.2, 0.25) is 0 Å². The number of ether oxygens (including phenoxy) is 1. The lowest BCUT2D eigenvalue weighted by Crippen LogP contribution is -2.48. The summed E-state index contributed by atoms with van der Waals surface area (Å²) in [7, 11) is 0. The Morgan fingerprint density at radius 3 is 2.11 bits per heavy atom. The van der Waals surface area contributed by atoms with E-state index in [1.54, 1.807) is 48.8 Å². The Kier molecular flexibility index (Phi) is 7.16. The van der Waals surface area contributed by atoms with Crippen molar-refractivity contribution in [2.75, 3.05) is 13.1 Å². The van der Waals surface area contributed by atoms with Gasteiger partial charge < -0.3 is 10.1 Å². The Labute approximate surface area is 204 Å². The molecular weight excluding hydrogens is 448 g/mol. The first-order valence-corrected chi connectivity index (χ1v) is 12.2. The van der Waals surface area contributed by atoms with Gasteiger partial charge in [-0.1, -0.05) is 24.3 Å². The van der Waals surface area contributed by atoms with Crippen LogP contribution in [-0.4, -0.2) is 47.1 Å². The average molecular weight is 478 g/mol. The molecule has 182 valence electrons. The quantitative estimate of drug-likeness (QED) is 0.502. The highest BCUT2D eigenvalue weighted by molar-refractivity contribution is 5.93. The molecule has 2 aliphatic rings. The number of nitrogens with one attached hydrogen (secondary N) is 1. The molecule has 2 saturated heterocycles. The number of carbonyl (C=O) groups is 1. The van der Waals surface area contributed by atoms with Crippen LogP contribution < -0.4 is 5.32 Å². The first-order valence-electron chi connectivity index (χ1n) is 12.2. The molecule has 2 aliphatic heterocycles. The van der Waals surface area contributed by atoms with Crippen molar-refractivity contribution in [1.29, 1.82) is 0 Å². The van der Waals surface area contributed by atoms with E-state index in [0.717, 1.165) is 43.4 Å². The van der Waals surface area contributed by atoms with E-state index in [-0.39, 0.29) is 29.7 Å². The second kappa shape index (κ2) is 10.6. The van der Waals surface area contributed by atoms with Gasteiger partial charge in [0.05, 0.1) is 11.7 Å². The number of aromatic nitrogens is 1. The van der Waals surface area contributed by atoms with Gasteiger partial charge in [0.1, 0.15) is 17.7 Å². The zero-order valence-corrected chi connectivity index (χ0v) is 19.4. The van der Waals surface area contributed by atoms with Gasteiger partial charge in [-0.25, -0.2) is 8.78 Å². The molecule has 3 atom stereocenters. The highest BCUT2D eigenvalue weighted by Crippen LogP contribution is 2.39. The number of piperidine rings is 1. The second-order valence-corrected chi connectivity index (χ2v) is 9.33. The van der Waals surface area contributed by atoms with Gasteiger partial charge in [0.2, 0.25) is 0 Å². The third kappa shape index (κ3) is 5.57. The van der Waals surface area contributed by atoms with Crippen LogP contribution in [0.1, 0.15) is 53.3 Å². The number of benzene rings is 2. The number of nitrogens with zero attached hydrogens (tertiary/aromatic N) is 2. The fourth-order valence-electron chi connectivity index (χ4n) is 5.42. The highest BCUT2D eigenvalue weighted by Gasteiger charge is 2.41. The third-order valence-electron chi connectivity index (χ3n) is 7.09. The van der Waals surface area contributed by atoms with E-state index < -0.39 is 0 Å². The predicted molar refractivity (Wildman–Crippen MR) is 129 cm³/mol. The number of fused-ring (bicyclic) bond motifs is 2. The van der Waals surface area contributed by atoms with E-state index in [0.29, 0.717) is 24.2 Å². The smallest absolute Gasteiger partial charge is 0.252 e. The molecule has 1 aromatic heterocycles. The molecule has 1 N–H and O–H groups in total. The van der Waals surface area contributed by atoms with Gasteiger partial charge in [-0.15, -0.1) is 0 Å². The molecule has 1 amide bonds. The highest BCUT2D eigenvalue weighted by atomic mass is 19.1. The number of hydrogen-bond donors (Lipinski definition) is 1. The van der Waals surface area contributed by atoms with Gasteiger partial charge in [-0.3, -0.25) is 14.7 Å². The molecule has 2 aromatic carbocycles. The predicted octanol–water partition coefficient (Wildman–Crippen LogP) is 4.89. The SMILES string of the molecule is O=C(NCCN1[C@@H]2CC[C@H]1CC(OC(c1ccc(F)cc1)c1ccc(F)cc1)C2)c1cccnc1. The molecule has 2 fully saturated rings. The van der Waals surface area contributed by atoms with Crippen molar-refractivity contribution in [3.8, 4) is 0 Å². The molecule has 0 radical (unpaired) electrons. The minimum Gasteiger partial charge on any atom is -0.365 e. The Hall–Kier alpha value is -3.16. The fraction of sp³-hybridized carbons (Fsp3) is 0.357. The summed E-state index contributed by atoms with van der Waals surface area (Å²) < 4.78 is 33.7. The van der Waals surface area contributed by atoms with Crippen molar-refractivity contribution in [2.24, 2.45) is 0 Å². The Balaban J connectivity index is 1.21. The molecule has 0 aliphatic carbocycles. The summed E-state index contributed by atoms with van der Waals surface area (Å²) in [4.78, 5) is 18.8. The zero-order chi connectivity index (χ0) is 24.2. The van der Waals surface area contributed by atoms with Gasteiger partial charge in [-0.2, -0.15) is 0 Å². The van der Waals surface area contributed by atoms with Gasteiger partial charge in [-0.05, 0) is 73.2 Å². The molecule has 5 rings (SSSR count). The van der Waals surface area contributed by atoms with Crippen LogP contribution in [0.15, 0.2) is 73.1 Å². The summed E-state index contributed by atoms with van der Waals surface area (Å²) in [5, 5.41) is 3.00. The molecule has 2 bridgehead atoms. The van der Waals surface area contributed by atoms with Crippen LogP contribution >= 0.6 is 0 Å². The molecular formula is C28H29F2N3O2. The Morgan fingerprint density at radius 1 is 0.971 bits per heavy atom. The molecule has 3 aromatic rings. The van der Waals surface area contributed by atoms with Crippen LogP contribution in [0.3, 0.4) is 0 Å². The van der Waals surface area contributed by atoms with Crippen molar-refractivity contribution in [3.63, 3.8) is 0 Å². The largest absolute Gasteiger partial charge is 0.365 e. The lowest BCUT2D eigenvalue weighted by atomic mass is 9.97. The van der Waals surface area contributed by atoms with Gasteiger partial charge in [0.25, 0.3) is 5.91 Å². The molecule has 35 heavy (non-hydrogen) atoms. The molecule has 7 heteroatoms. The summed E-state index contributed by atoms with van der Waals surface area (Å²) >= 11 is 0. The average Bonchev–Trinajstić information content (AvgIpc) is 3.11. The van der Waals surface area contributed by atoms with E-state index in [9.17, 15) is 13.6 Å². The minimum atomic E-state index is -0.383. The zero-order valence-electron chi connectivity index (χ0n) is 19.4. The first-order chi connectivity index (χ1) is 17.1. The van der Waals surface area contributed by atoms with Crippen molar-refractivity contribution in [3.05, 3.63) is 101 Å². The Bertz CT molecular complexity index is 1070. The summed E-state index contributed by atoms with van der Waals surface area (Å²) in [5.74, 6) is -0.702. The monoisotopic (exact) mass is 477 g/mol. The summed E-state index contributed by atoms with van der Waals surface area (Å²) in [6.45, 7) is 1.38. The van der Waals surface area contributed by atoms with Crippen LogP contribution in [-0.2, 0) is 4.74 Å². The summed E-state index contributed by atoms with van der Waals surface area (Å²) in [6, 6.07) is 17.0. The van der Waals surface area contributed by atoms with Gasteiger partial charge in [0, 0.05) is 37.6 Å². The summed E-state index contributed by atoms with van der Waals surface area (Å²) in [6.07, 6.45) is 6.90. The second-order valence-electron chi connectivity index (χ2n) is 9.33. The van der Waals surface area contributed by atoms with Crippen molar-refractivity contribution in [1.82, 2.24) is 15.2 Å². The van der Waals surface area contributed by atoms with Crippen LogP contribution in [0.25, 0.3) is 0 Å². The first kappa shape index (κ1) is 23.6. The van der Waals surface area contributed by atoms with E-state index in [4.69, 9.17) is 4.74 Å². The molecule has 5 nitrogen and oxygen atoms in total. The topological polar surface area (TPSA) is 54.5 Å². The third-order valence-corrected chi connectivity index (χ3v) is 7.09. The maximum absolute atomic E-state index is 13.5. The molecule has 0 spiro atoms. The minimum absolute atomic E-state index is 0.0499. The number of halogens is 2. The van der Waals surface area contributed by atoms with Crippen LogP contribution in [0.4, 0.5) is 8.78 Å². The number of pyridine rings is 1. The normalized spacial score (nSPS) is 21.9. The molecule has 0 saturated carbocycles. The van der Waals surface area contributed by atoms with Crippen molar-refractivity contribution < 1.29 is 18.3 Å². The number of amides is 1. The van der Waals surface area contributed by atoms with E-state index >= 15 is 0 Å². The van der Waals surface area contributed by atoms with Crippen molar-refractivity contribution in [2.45, 2.75) is 50.0 Å². The lowest BCUT2D eigenvalue weighted by Gasteiger charge is -2.40. The fourth-order valence-corrected chi connectivity index (χ4v) is 5.42. The Morgan fingerprint density at radius 2 is 1.57 bits per heavy atom. The van der Waals surface area contributed by atoms with E-state index in [1.807, 2.05) is 0 Å². The van der Waals surface area contributed by atoms with Gasteiger partial charge >= 0.3 is 0 Å². The standard InChI is InChI=1S/C28H29F2N3O2/c29-22-7-3-19(4-8-22)27(20-5-9-23(30)10-6-20)35-26-16-24-11-12-25(17-26)33(24)15-14-32-28(34)21-2-1-13-31-18-21/h1-10,13,18,24-27H,11-12,14-17H2,(H,32,34)/t24-,25+,26?. The van der Waals surface area contributed by atoms with Crippen LogP contribution in [0.5, 0.6) is 0 Å². The van der Waals surface area contributed by atoms with E-state index in [2.05, 4.69) is 15.2 Å². The lowest BCUT2D eigenvalue weighted by molar-refractivity contribution is -0.0478.